The summed E-state index contributed by atoms with van der Waals surface area (Å²) in [6.45, 7) is 11.0. The molecule has 3 aromatic carbocycles. The van der Waals surface area contributed by atoms with Crippen molar-refractivity contribution in [2.75, 3.05) is 52.4 Å². The molecule has 0 spiro atoms. The number of hydrogen-bond donors (Lipinski definition) is 0. The Bertz CT molecular complexity index is 1440. The number of fused-ring (bicyclic) bond motifs is 2. The molecule has 228 valence electrons. The fraction of sp³-hybridized carbons (Fsp3) is 0.514. The first-order valence-corrected chi connectivity index (χ1v) is 15.9. The predicted molar refractivity (Wildman–Crippen MR) is 169 cm³/mol. The molecule has 3 fully saturated rings. The van der Waals surface area contributed by atoms with E-state index < -0.39 is 5.60 Å². The number of likely N-dealkylation sites (tertiary alicyclic amines) is 2. The topological polar surface area (TPSA) is 73.4 Å². The van der Waals surface area contributed by atoms with E-state index in [0.717, 1.165) is 79.0 Å². The highest BCUT2D eigenvalue weighted by molar-refractivity contribution is 6.18. The van der Waals surface area contributed by atoms with Crippen LogP contribution >= 0.6 is 0 Å². The molecule has 0 N–H and O–H groups in total. The lowest BCUT2D eigenvalue weighted by molar-refractivity contribution is -0.139. The van der Waals surface area contributed by atoms with Crippen LogP contribution in [0.3, 0.4) is 0 Å². The molecule has 3 aliphatic rings. The van der Waals surface area contributed by atoms with Gasteiger partial charge in [0.25, 0.3) is 5.91 Å². The number of carbonyl (C=O) groups excluding carboxylic acids is 3. The monoisotopic (exact) mass is 584 g/mol. The molecule has 0 bridgehead atoms. The van der Waals surface area contributed by atoms with Crippen LogP contribution in [-0.2, 0) is 9.53 Å². The average Bonchev–Trinajstić information content (AvgIpc) is 3.02. The van der Waals surface area contributed by atoms with Gasteiger partial charge < -0.3 is 19.4 Å². The second kappa shape index (κ2) is 12.2. The zero-order valence-electron chi connectivity index (χ0n) is 25.8. The molecule has 6 rings (SSSR count). The number of hydrogen-bond acceptors (Lipinski definition) is 5. The lowest BCUT2D eigenvalue weighted by Crippen LogP contribution is -2.55. The molecule has 0 unspecified atom stereocenters. The Morgan fingerprint density at radius 2 is 1.30 bits per heavy atom. The molecule has 0 aromatic heterocycles. The summed E-state index contributed by atoms with van der Waals surface area (Å²) in [4.78, 5) is 48.1. The van der Waals surface area contributed by atoms with Crippen molar-refractivity contribution in [3.8, 4) is 0 Å². The van der Waals surface area contributed by atoms with E-state index in [4.69, 9.17) is 4.74 Å². The van der Waals surface area contributed by atoms with E-state index in [-0.39, 0.29) is 23.8 Å². The van der Waals surface area contributed by atoms with Crippen LogP contribution in [0.5, 0.6) is 0 Å². The number of carbonyl (C=O) groups is 3. The third kappa shape index (κ3) is 6.35. The Morgan fingerprint density at radius 3 is 1.91 bits per heavy atom. The first kappa shape index (κ1) is 29.4. The van der Waals surface area contributed by atoms with Crippen molar-refractivity contribution >= 4 is 39.5 Å². The zero-order chi connectivity index (χ0) is 30.1. The van der Waals surface area contributed by atoms with Crippen molar-refractivity contribution in [2.45, 2.75) is 58.1 Å². The van der Waals surface area contributed by atoms with Gasteiger partial charge in [-0.1, -0.05) is 48.5 Å². The zero-order valence-corrected chi connectivity index (χ0v) is 25.8. The number of rotatable bonds is 3. The number of piperidine rings is 2. The summed E-state index contributed by atoms with van der Waals surface area (Å²) in [5, 5.41) is 4.21. The van der Waals surface area contributed by atoms with Gasteiger partial charge in [-0.3, -0.25) is 14.5 Å². The van der Waals surface area contributed by atoms with Crippen molar-refractivity contribution in [3.63, 3.8) is 0 Å². The van der Waals surface area contributed by atoms with Gasteiger partial charge in [-0.15, -0.1) is 0 Å². The van der Waals surface area contributed by atoms with Gasteiger partial charge >= 0.3 is 6.09 Å². The highest BCUT2D eigenvalue weighted by Gasteiger charge is 2.36. The number of amides is 3. The van der Waals surface area contributed by atoms with Crippen LogP contribution in [-0.4, -0.2) is 102 Å². The third-order valence-corrected chi connectivity index (χ3v) is 9.30. The fourth-order valence-electron chi connectivity index (χ4n) is 7.07. The van der Waals surface area contributed by atoms with Gasteiger partial charge in [0, 0.05) is 51.9 Å². The molecule has 8 heteroatoms. The molecule has 43 heavy (non-hydrogen) atoms. The first-order chi connectivity index (χ1) is 20.7. The van der Waals surface area contributed by atoms with E-state index in [1.165, 1.54) is 0 Å². The minimum atomic E-state index is -0.524. The molecule has 3 amide bonds. The van der Waals surface area contributed by atoms with Gasteiger partial charge in [0.15, 0.2) is 0 Å². The summed E-state index contributed by atoms with van der Waals surface area (Å²) in [7, 11) is 0. The van der Waals surface area contributed by atoms with Gasteiger partial charge in [0.05, 0.1) is 11.5 Å². The van der Waals surface area contributed by atoms with Crippen molar-refractivity contribution in [2.24, 2.45) is 5.92 Å². The van der Waals surface area contributed by atoms with Gasteiger partial charge in [0.1, 0.15) is 5.60 Å². The molecular weight excluding hydrogens is 540 g/mol. The molecule has 3 heterocycles. The summed E-state index contributed by atoms with van der Waals surface area (Å²) in [6, 6.07) is 18.9. The quantitative estimate of drug-likeness (QED) is 0.386. The van der Waals surface area contributed by atoms with Crippen molar-refractivity contribution in [1.82, 2.24) is 19.6 Å². The molecular formula is C35H44N4O4. The normalized spacial score (nSPS) is 20.9. The number of nitrogens with zero attached hydrogens (tertiary/aromatic N) is 4. The van der Waals surface area contributed by atoms with Crippen LogP contribution in [0, 0.1) is 5.92 Å². The number of piperazine rings is 1. The summed E-state index contributed by atoms with van der Waals surface area (Å²) in [5.74, 6) is 0.316. The van der Waals surface area contributed by atoms with Crippen LogP contribution < -0.4 is 0 Å². The van der Waals surface area contributed by atoms with Gasteiger partial charge in [-0.05, 0) is 80.6 Å². The maximum Gasteiger partial charge on any atom is 0.410 e. The van der Waals surface area contributed by atoms with E-state index in [1.54, 1.807) is 4.90 Å². The lowest BCUT2D eigenvalue weighted by atomic mass is 9.92. The van der Waals surface area contributed by atoms with Crippen molar-refractivity contribution < 1.29 is 19.1 Å². The lowest BCUT2D eigenvalue weighted by Gasteiger charge is -2.43. The Balaban J connectivity index is 1.05. The molecule has 0 saturated carbocycles. The SMILES string of the molecule is CC(C)(C)OC(=O)N1CCN(C(=O)[C@@H]2CCCN(C3CCN(C(=O)c4c5ccccc5cc5ccccc45)CC3)C2)CC1. The standard InChI is InChI=1S/C35H44N4O4/c1-35(2,3)43-34(42)38-21-19-37(20-22-38)32(40)27-11-8-16-39(24-27)28-14-17-36(18-15-28)33(41)31-29-12-6-4-9-25(29)23-26-10-5-7-13-30(26)31/h4-7,9-10,12-13,23,27-28H,8,11,14-22,24H2,1-3H3/t27-/m1/s1. The van der Waals surface area contributed by atoms with E-state index >= 15 is 0 Å². The maximum absolute atomic E-state index is 14.0. The highest BCUT2D eigenvalue weighted by Crippen LogP contribution is 2.31. The second-order valence-corrected chi connectivity index (χ2v) is 13.3. The van der Waals surface area contributed by atoms with Gasteiger partial charge in [0.2, 0.25) is 5.91 Å². The molecule has 0 radical (unpaired) electrons. The minimum Gasteiger partial charge on any atom is -0.444 e. The number of benzene rings is 3. The van der Waals surface area contributed by atoms with E-state index in [9.17, 15) is 14.4 Å². The maximum atomic E-state index is 14.0. The van der Waals surface area contributed by atoms with Gasteiger partial charge in [-0.2, -0.15) is 0 Å². The molecule has 3 aliphatic heterocycles. The number of ether oxygens (including phenoxy) is 1. The van der Waals surface area contributed by atoms with E-state index in [0.29, 0.717) is 32.2 Å². The summed E-state index contributed by atoms with van der Waals surface area (Å²) in [5.41, 5.74) is 0.283. The molecule has 3 aromatic rings. The van der Waals surface area contributed by atoms with Gasteiger partial charge in [-0.25, -0.2) is 4.79 Å². The second-order valence-electron chi connectivity index (χ2n) is 13.3. The van der Waals surface area contributed by atoms with Crippen LogP contribution in [0.25, 0.3) is 21.5 Å². The smallest absolute Gasteiger partial charge is 0.410 e. The highest BCUT2D eigenvalue weighted by atomic mass is 16.6. The Hall–Kier alpha value is -3.65. The Labute approximate surface area is 254 Å². The first-order valence-electron chi connectivity index (χ1n) is 15.9. The minimum absolute atomic E-state index is 0.0106. The molecule has 1 atom stereocenters. The van der Waals surface area contributed by atoms with Crippen molar-refractivity contribution in [1.29, 1.82) is 0 Å². The molecule has 0 aliphatic carbocycles. The Kier molecular flexibility index (Phi) is 8.32. The Morgan fingerprint density at radius 1 is 0.721 bits per heavy atom. The van der Waals surface area contributed by atoms with E-state index in [2.05, 4.69) is 35.2 Å². The molecule has 3 saturated heterocycles. The van der Waals surface area contributed by atoms with Crippen LogP contribution in [0.1, 0.15) is 56.8 Å². The summed E-state index contributed by atoms with van der Waals surface area (Å²) >= 11 is 0. The van der Waals surface area contributed by atoms with Crippen molar-refractivity contribution in [3.05, 3.63) is 60.2 Å². The summed E-state index contributed by atoms with van der Waals surface area (Å²) in [6.07, 6.45) is 3.46. The average molecular weight is 585 g/mol. The van der Waals surface area contributed by atoms with Crippen LogP contribution in [0.2, 0.25) is 0 Å². The van der Waals surface area contributed by atoms with E-state index in [1.807, 2.05) is 54.8 Å². The third-order valence-electron chi connectivity index (χ3n) is 9.30. The molecule has 8 nitrogen and oxygen atoms in total. The predicted octanol–water partition coefficient (Wildman–Crippen LogP) is 5.39. The largest absolute Gasteiger partial charge is 0.444 e. The fourth-order valence-corrected chi connectivity index (χ4v) is 7.07. The van der Waals surface area contributed by atoms with Crippen LogP contribution in [0.4, 0.5) is 4.79 Å². The van der Waals surface area contributed by atoms with Crippen LogP contribution in [0.15, 0.2) is 54.6 Å². The summed E-state index contributed by atoms with van der Waals surface area (Å²) < 4.78 is 5.51.